The van der Waals surface area contributed by atoms with E-state index >= 15 is 0 Å². The van der Waals surface area contributed by atoms with E-state index in [1.54, 1.807) is 7.11 Å². The molecule has 0 fully saturated rings. The lowest BCUT2D eigenvalue weighted by Gasteiger charge is -2.22. The number of rotatable bonds is 6. The fourth-order valence-corrected chi connectivity index (χ4v) is 2.04. The van der Waals surface area contributed by atoms with Crippen LogP contribution in [0.3, 0.4) is 0 Å². The smallest absolute Gasteiger partial charge is 0.118 e. The molecule has 0 aliphatic carbocycles. The molecular formula is C16H27NO. The van der Waals surface area contributed by atoms with Crippen LogP contribution in [0, 0.1) is 11.3 Å². The zero-order valence-corrected chi connectivity index (χ0v) is 12.2. The van der Waals surface area contributed by atoms with E-state index in [1.807, 2.05) is 12.1 Å². The van der Waals surface area contributed by atoms with Gasteiger partial charge in [-0.05, 0) is 54.8 Å². The standard InChI is InChI=1S/C16H27NO/c1-16(2,3)10-9-14(12-17)11-13-5-7-15(18-4)8-6-13/h5-8,14H,9-12,17H2,1-4H3. The molecule has 102 valence electrons. The summed E-state index contributed by atoms with van der Waals surface area (Å²) in [6, 6.07) is 8.32. The number of nitrogens with two attached hydrogens (primary N) is 1. The van der Waals surface area contributed by atoms with Gasteiger partial charge in [-0.15, -0.1) is 0 Å². The van der Waals surface area contributed by atoms with Crippen LogP contribution in [0.5, 0.6) is 5.75 Å². The van der Waals surface area contributed by atoms with Gasteiger partial charge < -0.3 is 10.5 Å². The molecule has 0 saturated heterocycles. The van der Waals surface area contributed by atoms with Gasteiger partial charge in [-0.3, -0.25) is 0 Å². The number of methoxy groups -OCH3 is 1. The fourth-order valence-electron chi connectivity index (χ4n) is 2.04. The Labute approximate surface area is 112 Å². The van der Waals surface area contributed by atoms with E-state index in [1.165, 1.54) is 18.4 Å². The van der Waals surface area contributed by atoms with Gasteiger partial charge in [0.05, 0.1) is 7.11 Å². The molecule has 2 nitrogen and oxygen atoms in total. The van der Waals surface area contributed by atoms with Gasteiger partial charge in [-0.25, -0.2) is 0 Å². The van der Waals surface area contributed by atoms with Crippen LogP contribution in [0.4, 0.5) is 0 Å². The SMILES string of the molecule is COc1ccc(CC(CN)CCC(C)(C)C)cc1. The third-order valence-corrected chi connectivity index (χ3v) is 3.32. The van der Waals surface area contributed by atoms with Gasteiger partial charge in [0.1, 0.15) is 5.75 Å². The van der Waals surface area contributed by atoms with Crippen molar-refractivity contribution in [3.63, 3.8) is 0 Å². The first kappa shape index (κ1) is 15.0. The first-order chi connectivity index (χ1) is 8.44. The Morgan fingerprint density at radius 3 is 2.22 bits per heavy atom. The number of ether oxygens (including phenoxy) is 1. The van der Waals surface area contributed by atoms with E-state index in [-0.39, 0.29) is 0 Å². The van der Waals surface area contributed by atoms with E-state index < -0.39 is 0 Å². The quantitative estimate of drug-likeness (QED) is 0.835. The second-order valence-corrected chi connectivity index (χ2v) is 6.25. The molecule has 0 aliphatic heterocycles. The molecule has 0 amide bonds. The van der Waals surface area contributed by atoms with E-state index in [0.717, 1.165) is 18.7 Å². The normalized spacial score (nSPS) is 13.4. The molecule has 0 bridgehead atoms. The predicted octanol–water partition coefficient (Wildman–Crippen LogP) is 3.64. The van der Waals surface area contributed by atoms with Crippen LogP contribution in [0.15, 0.2) is 24.3 Å². The van der Waals surface area contributed by atoms with Crippen molar-refractivity contribution in [1.29, 1.82) is 0 Å². The minimum Gasteiger partial charge on any atom is -0.497 e. The molecule has 0 aromatic heterocycles. The molecule has 0 aliphatic rings. The summed E-state index contributed by atoms with van der Waals surface area (Å²) in [5.74, 6) is 1.50. The highest BCUT2D eigenvalue weighted by Crippen LogP contribution is 2.25. The monoisotopic (exact) mass is 249 g/mol. The highest BCUT2D eigenvalue weighted by Gasteiger charge is 2.14. The zero-order valence-electron chi connectivity index (χ0n) is 12.2. The van der Waals surface area contributed by atoms with Gasteiger partial charge in [0.25, 0.3) is 0 Å². The van der Waals surface area contributed by atoms with Gasteiger partial charge in [0, 0.05) is 0 Å². The van der Waals surface area contributed by atoms with E-state index in [2.05, 4.69) is 32.9 Å². The van der Waals surface area contributed by atoms with E-state index in [4.69, 9.17) is 10.5 Å². The fraction of sp³-hybridized carbons (Fsp3) is 0.625. The minimum atomic E-state index is 0.396. The lowest BCUT2D eigenvalue weighted by Crippen LogP contribution is -2.19. The third kappa shape index (κ3) is 5.54. The summed E-state index contributed by atoms with van der Waals surface area (Å²) in [6.45, 7) is 7.62. The lowest BCUT2D eigenvalue weighted by molar-refractivity contribution is 0.323. The Morgan fingerprint density at radius 1 is 1.17 bits per heavy atom. The van der Waals surface area contributed by atoms with Crippen molar-refractivity contribution >= 4 is 0 Å². The van der Waals surface area contributed by atoms with Gasteiger partial charge in [0.2, 0.25) is 0 Å². The molecule has 1 rings (SSSR count). The van der Waals surface area contributed by atoms with Crippen LogP contribution in [0.2, 0.25) is 0 Å². The minimum absolute atomic E-state index is 0.396. The molecule has 2 N–H and O–H groups in total. The number of hydrogen-bond acceptors (Lipinski definition) is 2. The maximum absolute atomic E-state index is 5.88. The summed E-state index contributed by atoms with van der Waals surface area (Å²) >= 11 is 0. The maximum Gasteiger partial charge on any atom is 0.118 e. The summed E-state index contributed by atoms with van der Waals surface area (Å²) in [7, 11) is 1.70. The van der Waals surface area contributed by atoms with Crippen molar-refractivity contribution in [2.45, 2.75) is 40.0 Å². The van der Waals surface area contributed by atoms with Gasteiger partial charge in [0.15, 0.2) is 0 Å². The summed E-state index contributed by atoms with van der Waals surface area (Å²) < 4.78 is 5.17. The number of benzene rings is 1. The molecule has 1 unspecified atom stereocenters. The van der Waals surface area contributed by atoms with E-state index in [9.17, 15) is 0 Å². The van der Waals surface area contributed by atoms with E-state index in [0.29, 0.717) is 11.3 Å². The van der Waals surface area contributed by atoms with Crippen LogP contribution in [0.1, 0.15) is 39.2 Å². The largest absolute Gasteiger partial charge is 0.497 e. The molecule has 0 saturated carbocycles. The highest BCUT2D eigenvalue weighted by molar-refractivity contribution is 5.27. The summed E-state index contributed by atoms with van der Waals surface area (Å²) in [5.41, 5.74) is 7.62. The van der Waals surface area contributed by atoms with Crippen molar-refractivity contribution in [3.05, 3.63) is 29.8 Å². The van der Waals surface area contributed by atoms with Crippen LogP contribution in [-0.4, -0.2) is 13.7 Å². The highest BCUT2D eigenvalue weighted by atomic mass is 16.5. The Kier molecular flexibility index (Phi) is 5.67. The Balaban J connectivity index is 2.51. The third-order valence-electron chi connectivity index (χ3n) is 3.32. The Bertz CT molecular complexity index is 337. The first-order valence-corrected chi connectivity index (χ1v) is 6.77. The van der Waals surface area contributed by atoms with Crippen LogP contribution in [-0.2, 0) is 6.42 Å². The average Bonchev–Trinajstić information content (AvgIpc) is 2.34. The molecule has 1 aromatic carbocycles. The lowest BCUT2D eigenvalue weighted by atomic mass is 9.85. The molecular weight excluding hydrogens is 222 g/mol. The topological polar surface area (TPSA) is 35.2 Å². The molecule has 1 aromatic rings. The molecule has 0 spiro atoms. The molecule has 1 atom stereocenters. The van der Waals surface area contributed by atoms with Crippen molar-refractivity contribution in [3.8, 4) is 5.75 Å². The van der Waals surface area contributed by atoms with Crippen LogP contribution in [0.25, 0.3) is 0 Å². The molecule has 18 heavy (non-hydrogen) atoms. The van der Waals surface area contributed by atoms with Crippen molar-refractivity contribution < 1.29 is 4.74 Å². The Hall–Kier alpha value is -1.02. The van der Waals surface area contributed by atoms with Gasteiger partial charge >= 0.3 is 0 Å². The zero-order chi connectivity index (χ0) is 13.6. The molecule has 0 heterocycles. The summed E-state index contributed by atoms with van der Waals surface area (Å²) in [4.78, 5) is 0. The second kappa shape index (κ2) is 6.79. The van der Waals surface area contributed by atoms with Crippen molar-refractivity contribution in [2.24, 2.45) is 17.1 Å². The summed E-state index contributed by atoms with van der Waals surface area (Å²) in [6.07, 6.45) is 3.49. The van der Waals surface area contributed by atoms with Crippen molar-refractivity contribution in [1.82, 2.24) is 0 Å². The second-order valence-electron chi connectivity index (χ2n) is 6.25. The predicted molar refractivity (Wildman–Crippen MR) is 77.9 cm³/mol. The van der Waals surface area contributed by atoms with Crippen LogP contribution < -0.4 is 10.5 Å². The molecule has 2 heteroatoms. The van der Waals surface area contributed by atoms with Gasteiger partial charge in [-0.2, -0.15) is 0 Å². The number of hydrogen-bond donors (Lipinski definition) is 1. The average molecular weight is 249 g/mol. The maximum atomic E-state index is 5.88. The van der Waals surface area contributed by atoms with Crippen molar-refractivity contribution in [2.75, 3.05) is 13.7 Å². The van der Waals surface area contributed by atoms with Gasteiger partial charge in [-0.1, -0.05) is 32.9 Å². The summed E-state index contributed by atoms with van der Waals surface area (Å²) in [5, 5.41) is 0. The first-order valence-electron chi connectivity index (χ1n) is 6.77. The molecule has 0 radical (unpaired) electrons. The van der Waals surface area contributed by atoms with Crippen LogP contribution >= 0.6 is 0 Å². The Morgan fingerprint density at radius 2 is 1.78 bits per heavy atom.